The van der Waals surface area contributed by atoms with Crippen molar-refractivity contribution in [3.63, 3.8) is 0 Å². The molecule has 0 spiro atoms. The number of Topliss-reactive ketones (excluding diaryl/α,β-unsaturated/α-hetero) is 1. The number of ether oxygens (including phenoxy) is 2. The molecule has 1 saturated carbocycles. The van der Waals surface area contributed by atoms with E-state index in [1.54, 1.807) is 13.8 Å². The number of allylic oxidation sites excluding steroid dienone is 1. The number of carbonyl (C=O) groups excluding carboxylic acids is 3. The molecule has 1 atom stereocenters. The number of hydrogen-bond donors (Lipinski definition) is 1. The topological polar surface area (TPSA) is 81.7 Å². The number of unbranched alkanes of at least 4 members (excludes halogenated alkanes) is 1. The van der Waals surface area contributed by atoms with Crippen molar-refractivity contribution in [1.29, 1.82) is 0 Å². The van der Waals surface area contributed by atoms with Gasteiger partial charge in [0.25, 0.3) is 0 Å². The molecule has 6 heteroatoms. The molecule has 1 N–H and O–H groups in total. The van der Waals surface area contributed by atoms with E-state index in [1.165, 1.54) is 6.42 Å². The SMILES string of the molecule is CCOC(=O)CCC/C=C/CC(NCCC(=O)C1CCCCC1)C(=O)OCC. The average Bonchev–Trinajstić information content (AvgIpc) is 2.70. The lowest BCUT2D eigenvalue weighted by molar-refractivity contribution is -0.146. The van der Waals surface area contributed by atoms with Crippen molar-refractivity contribution in [3.8, 4) is 0 Å². The van der Waals surface area contributed by atoms with Crippen LogP contribution < -0.4 is 5.32 Å². The van der Waals surface area contributed by atoms with Gasteiger partial charge >= 0.3 is 11.9 Å². The summed E-state index contributed by atoms with van der Waals surface area (Å²) in [5.41, 5.74) is 0. The van der Waals surface area contributed by atoms with Crippen LogP contribution >= 0.6 is 0 Å². The fraction of sp³-hybridized carbons (Fsp3) is 0.773. The number of hydrogen-bond acceptors (Lipinski definition) is 6. The molecule has 0 bridgehead atoms. The van der Waals surface area contributed by atoms with Gasteiger partial charge in [0.2, 0.25) is 0 Å². The Hall–Kier alpha value is -1.69. The Morgan fingerprint density at radius 2 is 1.71 bits per heavy atom. The monoisotopic (exact) mass is 395 g/mol. The summed E-state index contributed by atoms with van der Waals surface area (Å²) in [6.45, 7) is 4.82. The molecule has 1 aliphatic carbocycles. The second kappa shape index (κ2) is 15.3. The van der Waals surface area contributed by atoms with Gasteiger partial charge in [-0.3, -0.25) is 14.4 Å². The molecular formula is C22H37NO5. The van der Waals surface area contributed by atoms with Gasteiger partial charge in [-0.2, -0.15) is 0 Å². The highest BCUT2D eigenvalue weighted by atomic mass is 16.5. The van der Waals surface area contributed by atoms with Crippen molar-refractivity contribution in [2.75, 3.05) is 19.8 Å². The molecule has 6 nitrogen and oxygen atoms in total. The molecule has 1 rings (SSSR count). The molecule has 0 saturated heterocycles. The van der Waals surface area contributed by atoms with Crippen molar-refractivity contribution in [1.82, 2.24) is 5.32 Å². The van der Waals surface area contributed by atoms with Gasteiger partial charge in [-0.1, -0.05) is 31.4 Å². The summed E-state index contributed by atoms with van der Waals surface area (Å²) < 4.78 is 10.0. The number of rotatable bonds is 14. The molecule has 0 amide bonds. The first-order valence-corrected chi connectivity index (χ1v) is 10.8. The predicted octanol–water partition coefficient (Wildman–Crippen LogP) is 3.73. The van der Waals surface area contributed by atoms with E-state index in [1.807, 2.05) is 12.2 Å². The molecule has 28 heavy (non-hydrogen) atoms. The van der Waals surface area contributed by atoms with Crippen molar-refractivity contribution in [3.05, 3.63) is 12.2 Å². The molecule has 1 unspecified atom stereocenters. The second-order valence-corrected chi connectivity index (χ2v) is 7.21. The highest BCUT2D eigenvalue weighted by Crippen LogP contribution is 2.25. The Kier molecular flexibility index (Phi) is 13.3. The van der Waals surface area contributed by atoms with Gasteiger partial charge in [0.15, 0.2) is 0 Å². The van der Waals surface area contributed by atoms with Crippen LogP contribution in [0.25, 0.3) is 0 Å². The minimum atomic E-state index is -0.444. The first kappa shape index (κ1) is 24.3. The van der Waals surface area contributed by atoms with Gasteiger partial charge < -0.3 is 14.8 Å². The summed E-state index contributed by atoms with van der Waals surface area (Å²) in [5.74, 6) is 0.0496. The zero-order valence-corrected chi connectivity index (χ0v) is 17.5. The molecular weight excluding hydrogens is 358 g/mol. The third-order valence-electron chi connectivity index (χ3n) is 4.99. The summed E-state index contributed by atoms with van der Waals surface area (Å²) in [6, 6.07) is -0.444. The quantitative estimate of drug-likeness (QED) is 0.274. The van der Waals surface area contributed by atoms with Crippen molar-refractivity contribution in [2.24, 2.45) is 5.92 Å². The number of esters is 2. The fourth-order valence-corrected chi connectivity index (χ4v) is 3.45. The van der Waals surface area contributed by atoms with E-state index in [4.69, 9.17) is 9.47 Å². The molecule has 160 valence electrons. The van der Waals surface area contributed by atoms with Crippen LogP contribution in [0.4, 0.5) is 0 Å². The normalized spacial score (nSPS) is 16.1. The Morgan fingerprint density at radius 1 is 1.00 bits per heavy atom. The van der Waals surface area contributed by atoms with Crippen LogP contribution in [0, 0.1) is 5.92 Å². The minimum Gasteiger partial charge on any atom is -0.466 e. The molecule has 0 aromatic rings. The Balaban J connectivity index is 2.32. The van der Waals surface area contributed by atoms with Gasteiger partial charge in [0.1, 0.15) is 11.8 Å². The smallest absolute Gasteiger partial charge is 0.323 e. The Bertz CT molecular complexity index is 497. The largest absolute Gasteiger partial charge is 0.466 e. The zero-order valence-electron chi connectivity index (χ0n) is 17.5. The molecule has 1 fully saturated rings. The van der Waals surface area contributed by atoms with E-state index in [-0.39, 0.29) is 17.9 Å². The van der Waals surface area contributed by atoms with Crippen LogP contribution in [0.1, 0.15) is 78.1 Å². The zero-order chi connectivity index (χ0) is 20.6. The van der Waals surface area contributed by atoms with E-state index in [0.717, 1.165) is 38.5 Å². The van der Waals surface area contributed by atoms with Crippen LogP contribution in [0.5, 0.6) is 0 Å². The maximum atomic E-state index is 12.3. The molecule has 0 aromatic heterocycles. The number of nitrogens with one attached hydrogen (secondary N) is 1. The van der Waals surface area contributed by atoms with Crippen LogP contribution in [0.3, 0.4) is 0 Å². The molecule has 0 aliphatic heterocycles. The van der Waals surface area contributed by atoms with E-state index in [2.05, 4.69) is 5.32 Å². The van der Waals surface area contributed by atoms with Gasteiger partial charge in [0, 0.05) is 25.3 Å². The van der Waals surface area contributed by atoms with E-state index >= 15 is 0 Å². The number of ketones is 1. The van der Waals surface area contributed by atoms with Crippen LogP contribution in [-0.2, 0) is 23.9 Å². The summed E-state index contributed by atoms with van der Waals surface area (Å²) in [7, 11) is 0. The Labute approximate surface area is 169 Å². The predicted molar refractivity (Wildman–Crippen MR) is 109 cm³/mol. The van der Waals surface area contributed by atoms with Crippen LogP contribution in [0.2, 0.25) is 0 Å². The lowest BCUT2D eigenvalue weighted by atomic mass is 9.85. The lowest BCUT2D eigenvalue weighted by Crippen LogP contribution is -2.39. The van der Waals surface area contributed by atoms with E-state index in [9.17, 15) is 14.4 Å². The van der Waals surface area contributed by atoms with Crippen molar-refractivity contribution in [2.45, 2.75) is 84.1 Å². The third kappa shape index (κ3) is 10.6. The maximum absolute atomic E-state index is 12.3. The summed E-state index contributed by atoms with van der Waals surface area (Å²) >= 11 is 0. The molecule has 0 radical (unpaired) electrons. The number of carbonyl (C=O) groups is 3. The van der Waals surface area contributed by atoms with Gasteiger partial charge in [-0.25, -0.2) is 0 Å². The second-order valence-electron chi connectivity index (χ2n) is 7.21. The first-order valence-electron chi connectivity index (χ1n) is 10.8. The highest BCUT2D eigenvalue weighted by Gasteiger charge is 2.22. The fourth-order valence-electron chi connectivity index (χ4n) is 3.45. The molecule has 1 aliphatic rings. The van der Waals surface area contributed by atoms with E-state index in [0.29, 0.717) is 44.8 Å². The standard InChI is InChI=1S/C22H37NO5/c1-3-27-21(25)15-11-6-5-10-14-19(22(26)28-4-2)23-17-16-20(24)18-12-8-7-9-13-18/h5,10,18-19,23H,3-4,6-9,11-17H2,1-2H3/b10-5+. The summed E-state index contributed by atoms with van der Waals surface area (Å²) in [6.07, 6.45) is 12.3. The van der Waals surface area contributed by atoms with Crippen LogP contribution in [0.15, 0.2) is 12.2 Å². The van der Waals surface area contributed by atoms with Gasteiger partial charge in [0.05, 0.1) is 13.2 Å². The first-order chi connectivity index (χ1) is 13.6. The van der Waals surface area contributed by atoms with E-state index < -0.39 is 6.04 Å². The molecule has 0 aromatic carbocycles. The third-order valence-corrected chi connectivity index (χ3v) is 4.99. The molecule has 0 heterocycles. The van der Waals surface area contributed by atoms with Crippen molar-refractivity contribution >= 4 is 17.7 Å². The summed E-state index contributed by atoms with van der Waals surface area (Å²) in [4.78, 5) is 35.7. The van der Waals surface area contributed by atoms with Crippen molar-refractivity contribution < 1.29 is 23.9 Å². The minimum absolute atomic E-state index is 0.176. The Morgan fingerprint density at radius 3 is 2.39 bits per heavy atom. The summed E-state index contributed by atoms with van der Waals surface area (Å²) in [5, 5.41) is 3.18. The average molecular weight is 396 g/mol. The lowest BCUT2D eigenvalue weighted by Gasteiger charge is -2.21. The highest BCUT2D eigenvalue weighted by molar-refractivity contribution is 5.81. The van der Waals surface area contributed by atoms with Crippen LogP contribution in [-0.4, -0.2) is 43.5 Å². The van der Waals surface area contributed by atoms with Gasteiger partial charge in [-0.05, 0) is 46.0 Å². The maximum Gasteiger partial charge on any atom is 0.323 e. The van der Waals surface area contributed by atoms with Gasteiger partial charge in [-0.15, -0.1) is 0 Å².